The minimum Gasteiger partial charge on any atom is -0.444 e. The first-order chi connectivity index (χ1) is 20.3. The second kappa shape index (κ2) is 13.6. The van der Waals surface area contributed by atoms with Gasteiger partial charge in [-0.05, 0) is 45.4 Å². The summed E-state index contributed by atoms with van der Waals surface area (Å²) in [6, 6.07) is 2.52. The summed E-state index contributed by atoms with van der Waals surface area (Å²) in [7, 11) is 0. The van der Waals surface area contributed by atoms with E-state index in [-0.39, 0.29) is 42.2 Å². The molecule has 10 nitrogen and oxygen atoms in total. The van der Waals surface area contributed by atoms with E-state index in [1.54, 1.807) is 37.2 Å². The predicted molar refractivity (Wildman–Crippen MR) is 159 cm³/mol. The van der Waals surface area contributed by atoms with Crippen LogP contribution in [0.5, 0.6) is 0 Å². The van der Waals surface area contributed by atoms with Gasteiger partial charge >= 0.3 is 12.6 Å². The highest BCUT2D eigenvalue weighted by molar-refractivity contribution is 7.11. The van der Waals surface area contributed by atoms with Crippen molar-refractivity contribution in [3.05, 3.63) is 74.2 Å². The minimum absolute atomic E-state index is 0.00489. The van der Waals surface area contributed by atoms with Crippen molar-refractivity contribution in [3.8, 4) is 0 Å². The number of amidine groups is 1. The molecule has 230 valence electrons. The number of alkyl halides is 2. The lowest BCUT2D eigenvalue weighted by molar-refractivity contribution is -0.128. The zero-order chi connectivity index (χ0) is 31.3. The SMILES string of the molecule is CC(C)(C)OC(=O)NC[C@@H]1CCC(=O)N1CC1=C(C(N)=CC=NC(F)F)[C@H](c2ccc(F)cc2Cl)N=C(c2nccs2)N1. The number of halogens is 4. The Labute approximate surface area is 255 Å². The Morgan fingerprint density at radius 1 is 1.40 bits per heavy atom. The molecule has 3 heterocycles. The number of hydrogen-bond donors (Lipinski definition) is 3. The molecule has 43 heavy (non-hydrogen) atoms. The molecule has 0 aliphatic carbocycles. The Balaban J connectivity index is 1.76. The molecule has 1 saturated heterocycles. The van der Waals surface area contributed by atoms with Crippen LogP contribution < -0.4 is 16.4 Å². The highest BCUT2D eigenvalue weighted by atomic mass is 35.5. The molecular weight excluding hydrogens is 607 g/mol. The van der Waals surface area contributed by atoms with Gasteiger partial charge in [0.2, 0.25) is 5.91 Å². The molecule has 0 bridgehead atoms. The zero-order valence-electron chi connectivity index (χ0n) is 23.6. The lowest BCUT2D eigenvalue weighted by atomic mass is 9.92. The van der Waals surface area contributed by atoms with Crippen LogP contribution in [0.25, 0.3) is 0 Å². The van der Waals surface area contributed by atoms with Gasteiger partial charge in [0.15, 0.2) is 10.8 Å². The quantitative estimate of drug-likeness (QED) is 0.264. The average Bonchev–Trinajstić information content (AvgIpc) is 3.56. The van der Waals surface area contributed by atoms with Crippen molar-refractivity contribution < 1.29 is 27.5 Å². The minimum atomic E-state index is -2.95. The van der Waals surface area contributed by atoms with E-state index >= 15 is 0 Å². The van der Waals surface area contributed by atoms with Gasteiger partial charge in [0.25, 0.3) is 0 Å². The summed E-state index contributed by atoms with van der Waals surface area (Å²) in [5, 5.41) is 8.29. The lowest BCUT2D eigenvalue weighted by Gasteiger charge is -2.33. The zero-order valence-corrected chi connectivity index (χ0v) is 25.2. The molecule has 1 aromatic carbocycles. The molecular formula is C28H31ClF3N7O3S. The van der Waals surface area contributed by atoms with Crippen molar-refractivity contribution in [3.63, 3.8) is 0 Å². The number of carbonyl (C=O) groups is 2. The molecule has 2 amide bonds. The molecule has 0 radical (unpaired) electrons. The molecule has 0 spiro atoms. The number of rotatable bonds is 9. The topological polar surface area (TPSA) is 134 Å². The fraction of sp³-hybridized carbons (Fsp3) is 0.393. The first-order valence-corrected chi connectivity index (χ1v) is 14.5. The summed E-state index contributed by atoms with van der Waals surface area (Å²) in [6.45, 7) is 2.42. The van der Waals surface area contributed by atoms with Crippen LogP contribution in [-0.2, 0) is 9.53 Å². The Morgan fingerprint density at radius 2 is 2.16 bits per heavy atom. The van der Waals surface area contributed by atoms with Gasteiger partial charge in [0, 0.05) is 58.3 Å². The van der Waals surface area contributed by atoms with Crippen LogP contribution >= 0.6 is 22.9 Å². The Bertz CT molecular complexity index is 1470. The number of nitrogens with two attached hydrogens (primary N) is 1. The van der Waals surface area contributed by atoms with Gasteiger partial charge in [0.05, 0.1) is 12.6 Å². The predicted octanol–water partition coefficient (Wildman–Crippen LogP) is 4.93. The van der Waals surface area contributed by atoms with Gasteiger partial charge in [-0.15, -0.1) is 11.3 Å². The number of aliphatic imine (C=N–C) groups is 2. The van der Waals surface area contributed by atoms with Gasteiger partial charge in [-0.3, -0.25) is 9.79 Å². The number of hydrogen-bond acceptors (Lipinski definition) is 9. The third-order valence-corrected chi connectivity index (χ3v) is 7.55. The largest absolute Gasteiger partial charge is 0.444 e. The van der Waals surface area contributed by atoms with E-state index in [1.807, 2.05) is 0 Å². The summed E-state index contributed by atoms with van der Waals surface area (Å²) in [5.41, 5.74) is 6.92. The van der Waals surface area contributed by atoms with Crippen molar-refractivity contribution in [2.75, 3.05) is 13.1 Å². The summed E-state index contributed by atoms with van der Waals surface area (Å²) in [6.07, 6.45) is 3.78. The maximum atomic E-state index is 14.0. The number of amides is 2. The monoisotopic (exact) mass is 637 g/mol. The fourth-order valence-corrected chi connectivity index (χ4v) is 5.50. The molecule has 1 aromatic heterocycles. The molecule has 15 heteroatoms. The number of carbonyl (C=O) groups excluding carboxylic acids is 2. The van der Waals surface area contributed by atoms with Crippen molar-refractivity contribution >= 4 is 47.0 Å². The maximum Gasteiger partial charge on any atom is 0.407 e. The van der Waals surface area contributed by atoms with Crippen LogP contribution in [0.4, 0.5) is 18.0 Å². The Morgan fingerprint density at radius 3 is 2.81 bits per heavy atom. The smallest absolute Gasteiger partial charge is 0.407 e. The second-order valence-corrected chi connectivity index (χ2v) is 12.0. The van der Waals surface area contributed by atoms with Crippen LogP contribution in [0, 0.1) is 5.82 Å². The molecule has 1 fully saturated rings. The van der Waals surface area contributed by atoms with Gasteiger partial charge in [0.1, 0.15) is 17.5 Å². The van der Waals surface area contributed by atoms with Gasteiger partial charge in [-0.1, -0.05) is 17.7 Å². The molecule has 4 N–H and O–H groups in total. The van der Waals surface area contributed by atoms with Crippen LogP contribution in [0.1, 0.15) is 50.2 Å². The Kier molecular flexibility index (Phi) is 10.1. The number of alkyl carbamates (subject to hydrolysis) is 1. The number of allylic oxidation sites excluding steroid dienone is 1. The van der Waals surface area contributed by atoms with Crippen molar-refractivity contribution in [1.82, 2.24) is 20.5 Å². The molecule has 2 aliphatic heterocycles. The Hall–Kier alpha value is -3.91. The summed E-state index contributed by atoms with van der Waals surface area (Å²) >= 11 is 7.77. The number of likely N-dealkylation sites (tertiary alicyclic amines) is 1. The van der Waals surface area contributed by atoms with Crippen LogP contribution in [0.2, 0.25) is 5.02 Å². The average molecular weight is 638 g/mol. The van der Waals surface area contributed by atoms with Gasteiger partial charge in [-0.25, -0.2) is 19.2 Å². The van der Waals surface area contributed by atoms with Crippen LogP contribution in [0.3, 0.4) is 0 Å². The maximum absolute atomic E-state index is 14.0. The number of ether oxygens (including phenoxy) is 1. The third kappa shape index (κ3) is 8.35. The highest BCUT2D eigenvalue weighted by Crippen LogP contribution is 2.38. The lowest BCUT2D eigenvalue weighted by Crippen LogP contribution is -2.46. The first kappa shape index (κ1) is 32.0. The normalized spacial score (nSPS) is 19.7. The van der Waals surface area contributed by atoms with Crippen molar-refractivity contribution in [2.45, 2.75) is 57.8 Å². The number of nitrogens with zero attached hydrogens (tertiary/aromatic N) is 4. The fourth-order valence-electron chi connectivity index (χ4n) is 4.64. The van der Waals surface area contributed by atoms with Crippen molar-refractivity contribution in [1.29, 1.82) is 0 Å². The second-order valence-electron chi connectivity index (χ2n) is 10.7. The molecule has 2 atom stereocenters. The summed E-state index contributed by atoms with van der Waals surface area (Å²) in [4.78, 5) is 39.2. The van der Waals surface area contributed by atoms with E-state index in [9.17, 15) is 22.8 Å². The van der Waals surface area contributed by atoms with E-state index in [1.165, 1.54) is 29.5 Å². The van der Waals surface area contributed by atoms with E-state index < -0.39 is 30.1 Å². The summed E-state index contributed by atoms with van der Waals surface area (Å²) in [5.74, 6) is -0.377. The third-order valence-electron chi connectivity index (χ3n) is 6.44. The summed E-state index contributed by atoms with van der Waals surface area (Å²) < 4.78 is 44.9. The first-order valence-electron chi connectivity index (χ1n) is 13.3. The number of thiazole rings is 1. The van der Waals surface area contributed by atoms with Crippen LogP contribution in [-0.4, -0.2) is 65.2 Å². The number of benzene rings is 1. The molecule has 0 unspecified atom stereocenters. The van der Waals surface area contributed by atoms with E-state index in [4.69, 9.17) is 27.1 Å². The highest BCUT2D eigenvalue weighted by Gasteiger charge is 2.36. The molecule has 0 saturated carbocycles. The number of aromatic nitrogens is 1. The van der Waals surface area contributed by atoms with E-state index in [0.29, 0.717) is 34.1 Å². The molecule has 4 rings (SSSR count). The molecule has 2 aromatic rings. The van der Waals surface area contributed by atoms with Crippen molar-refractivity contribution in [2.24, 2.45) is 15.7 Å². The van der Waals surface area contributed by atoms with E-state index in [0.717, 1.165) is 12.3 Å². The van der Waals surface area contributed by atoms with E-state index in [2.05, 4.69) is 20.6 Å². The van der Waals surface area contributed by atoms with Gasteiger partial charge < -0.3 is 26.0 Å². The number of nitrogens with one attached hydrogen (secondary N) is 2. The standard InChI is InChI=1S/C28H31ClF3N7O3S/c1-28(2,3)42-27(41)36-13-16-5-7-21(40)39(16)14-20-22(19(33)8-9-35-26(31)32)23(17-6-4-15(30)12-18(17)29)38-24(37-20)25-34-10-11-43-25/h4,6,8-12,16,23,26H,5,7,13-14,33H2,1-3H3,(H,36,41)(H,37,38)/t16-,23-/m0/s1. The van der Waals surface area contributed by atoms with Gasteiger partial charge in [-0.2, -0.15) is 8.78 Å². The molecule has 2 aliphatic rings. The van der Waals surface area contributed by atoms with Crippen LogP contribution in [0.15, 0.2) is 62.8 Å².